The van der Waals surface area contributed by atoms with Gasteiger partial charge in [-0.25, -0.2) is 0 Å². The Bertz CT molecular complexity index is 815. The van der Waals surface area contributed by atoms with Gasteiger partial charge in [-0.2, -0.15) is 0 Å². The number of ether oxygens (including phenoxy) is 1. The maximum Gasteiger partial charge on any atom is 0.261 e. The summed E-state index contributed by atoms with van der Waals surface area (Å²) in [5.41, 5.74) is 0. The van der Waals surface area contributed by atoms with Gasteiger partial charge >= 0.3 is 0 Å². The molecule has 194 valence electrons. The molecule has 0 bridgehead atoms. The minimum Gasteiger partial charge on any atom is -0.404 e. The maximum absolute atomic E-state index is 10.2. The summed E-state index contributed by atoms with van der Waals surface area (Å²) in [5, 5.41) is 31.6. The third kappa shape index (κ3) is 7.25. The second kappa shape index (κ2) is 13.1. The lowest BCUT2D eigenvalue weighted by atomic mass is 9.96. The zero-order chi connectivity index (χ0) is 25.3. The fourth-order valence-corrected chi connectivity index (χ4v) is 10.2. The summed E-state index contributed by atoms with van der Waals surface area (Å²) in [6.45, 7) is 6.86. The molecule has 3 N–H and O–H groups in total. The first-order chi connectivity index (χ1) is 16.8. The van der Waals surface area contributed by atoms with Crippen molar-refractivity contribution in [2.75, 3.05) is 13.2 Å². The zero-order valence-corrected chi connectivity index (χ0v) is 22.6. The summed E-state index contributed by atoms with van der Waals surface area (Å²) in [7, 11) is -2.72. The van der Waals surface area contributed by atoms with Crippen LogP contribution in [-0.2, 0) is 9.16 Å². The van der Waals surface area contributed by atoms with Gasteiger partial charge in [0.05, 0.1) is 24.4 Å². The fourth-order valence-electron chi connectivity index (χ4n) is 5.50. The molecule has 0 spiro atoms. The molecular weight excluding hydrogens is 456 g/mol. The highest BCUT2D eigenvalue weighted by atomic mass is 28.4. The van der Waals surface area contributed by atoms with Crippen molar-refractivity contribution >= 4 is 18.7 Å². The molecule has 1 heterocycles. The molecule has 0 radical (unpaired) electrons. The number of rotatable bonds is 12. The topological polar surface area (TPSA) is 79.2 Å². The summed E-state index contributed by atoms with van der Waals surface area (Å²) in [6, 6.07) is 21.2. The SMILES string of the molecule is CC(C)(C)[Si](O[C@@H](CCO)C[C@@H]1CCC[C@H](C[C@@H](O)CCO)O1)(c1ccccc1)c1ccccc1. The first-order valence-electron chi connectivity index (χ1n) is 13.1. The number of hydrogen-bond donors (Lipinski definition) is 3. The van der Waals surface area contributed by atoms with Crippen LogP contribution in [0.2, 0.25) is 5.04 Å². The Balaban J connectivity index is 1.88. The normalized spacial score (nSPS) is 21.0. The van der Waals surface area contributed by atoms with Gasteiger partial charge in [0.25, 0.3) is 8.32 Å². The summed E-state index contributed by atoms with van der Waals surface area (Å²) < 4.78 is 13.7. The van der Waals surface area contributed by atoms with E-state index in [0.717, 1.165) is 25.7 Å². The van der Waals surface area contributed by atoms with Gasteiger partial charge in [-0.1, -0.05) is 81.4 Å². The van der Waals surface area contributed by atoms with Crippen molar-refractivity contribution in [3.8, 4) is 0 Å². The predicted molar refractivity (Wildman–Crippen MR) is 144 cm³/mol. The van der Waals surface area contributed by atoms with Gasteiger partial charge in [0.1, 0.15) is 0 Å². The summed E-state index contributed by atoms with van der Waals surface area (Å²) >= 11 is 0. The summed E-state index contributed by atoms with van der Waals surface area (Å²) in [5.74, 6) is 0. The van der Waals surface area contributed by atoms with Crippen molar-refractivity contribution in [2.24, 2.45) is 0 Å². The van der Waals surface area contributed by atoms with Crippen LogP contribution < -0.4 is 10.4 Å². The molecule has 0 aromatic heterocycles. The van der Waals surface area contributed by atoms with Crippen LogP contribution in [0.4, 0.5) is 0 Å². The lowest BCUT2D eigenvalue weighted by Crippen LogP contribution is -2.68. The van der Waals surface area contributed by atoms with Gasteiger partial charge in [-0.05, 0) is 60.4 Å². The summed E-state index contributed by atoms with van der Waals surface area (Å²) in [6.07, 6.45) is 4.50. The molecule has 0 unspecified atom stereocenters. The molecule has 3 rings (SSSR count). The monoisotopic (exact) mass is 500 g/mol. The molecular formula is C29H44O5Si. The molecule has 1 aliphatic rings. The van der Waals surface area contributed by atoms with E-state index >= 15 is 0 Å². The van der Waals surface area contributed by atoms with Gasteiger partial charge in [0.2, 0.25) is 0 Å². The fraction of sp³-hybridized carbons (Fsp3) is 0.586. The molecule has 35 heavy (non-hydrogen) atoms. The smallest absolute Gasteiger partial charge is 0.261 e. The van der Waals surface area contributed by atoms with Crippen molar-refractivity contribution in [1.29, 1.82) is 0 Å². The van der Waals surface area contributed by atoms with Gasteiger partial charge < -0.3 is 24.5 Å². The Morgan fingerprint density at radius 3 is 1.86 bits per heavy atom. The van der Waals surface area contributed by atoms with Gasteiger partial charge in [0.15, 0.2) is 0 Å². The average Bonchev–Trinajstić information content (AvgIpc) is 2.83. The van der Waals surface area contributed by atoms with Crippen LogP contribution in [-0.4, -0.2) is 61.3 Å². The molecule has 5 nitrogen and oxygen atoms in total. The average molecular weight is 501 g/mol. The van der Waals surface area contributed by atoms with Gasteiger partial charge in [-0.15, -0.1) is 0 Å². The number of aliphatic hydroxyl groups excluding tert-OH is 3. The van der Waals surface area contributed by atoms with Crippen LogP contribution in [0.1, 0.15) is 65.7 Å². The van der Waals surface area contributed by atoms with E-state index in [2.05, 4.69) is 69.3 Å². The minimum absolute atomic E-state index is 0.00191. The highest BCUT2D eigenvalue weighted by molar-refractivity contribution is 6.99. The van der Waals surface area contributed by atoms with E-state index < -0.39 is 14.4 Å². The Kier molecular flexibility index (Phi) is 10.5. The third-order valence-electron chi connectivity index (χ3n) is 7.17. The highest BCUT2D eigenvalue weighted by Gasteiger charge is 2.51. The van der Waals surface area contributed by atoms with Crippen LogP contribution >= 0.6 is 0 Å². The first-order valence-corrected chi connectivity index (χ1v) is 15.0. The minimum atomic E-state index is -2.72. The Morgan fingerprint density at radius 1 is 0.857 bits per heavy atom. The number of benzene rings is 2. The molecule has 6 heteroatoms. The van der Waals surface area contributed by atoms with E-state index in [4.69, 9.17) is 14.3 Å². The molecule has 0 amide bonds. The largest absolute Gasteiger partial charge is 0.404 e. The lowest BCUT2D eigenvalue weighted by molar-refractivity contribution is -0.0847. The molecule has 1 aliphatic heterocycles. The predicted octanol–water partition coefficient (Wildman–Crippen LogP) is 3.78. The number of hydrogen-bond acceptors (Lipinski definition) is 5. The molecule has 4 atom stereocenters. The van der Waals surface area contributed by atoms with E-state index in [0.29, 0.717) is 19.3 Å². The molecule has 1 fully saturated rings. The second-order valence-corrected chi connectivity index (χ2v) is 15.1. The van der Waals surface area contributed by atoms with E-state index in [1.165, 1.54) is 10.4 Å². The number of aliphatic hydroxyl groups is 3. The van der Waals surface area contributed by atoms with Crippen LogP contribution in [0.25, 0.3) is 0 Å². The maximum atomic E-state index is 10.2. The van der Waals surface area contributed by atoms with Crippen molar-refractivity contribution in [2.45, 2.75) is 95.2 Å². The first kappa shape index (κ1) is 28.0. The van der Waals surface area contributed by atoms with E-state index in [9.17, 15) is 10.2 Å². The van der Waals surface area contributed by atoms with Crippen molar-refractivity contribution in [1.82, 2.24) is 0 Å². The Morgan fingerprint density at radius 2 is 1.37 bits per heavy atom. The Labute approximate surface area is 212 Å². The van der Waals surface area contributed by atoms with Crippen LogP contribution in [0.5, 0.6) is 0 Å². The highest BCUT2D eigenvalue weighted by Crippen LogP contribution is 2.39. The molecule has 2 aromatic carbocycles. The van der Waals surface area contributed by atoms with Crippen LogP contribution in [0, 0.1) is 0 Å². The van der Waals surface area contributed by atoms with Crippen LogP contribution in [0.3, 0.4) is 0 Å². The van der Waals surface area contributed by atoms with E-state index in [1.807, 2.05) is 12.1 Å². The van der Waals surface area contributed by atoms with Gasteiger partial charge in [0, 0.05) is 13.2 Å². The second-order valence-electron chi connectivity index (χ2n) is 10.9. The summed E-state index contributed by atoms with van der Waals surface area (Å²) in [4.78, 5) is 0. The molecule has 2 aromatic rings. The van der Waals surface area contributed by atoms with Gasteiger partial charge in [-0.3, -0.25) is 0 Å². The third-order valence-corrected chi connectivity index (χ3v) is 12.3. The molecule has 0 aliphatic carbocycles. The standard InChI is InChI=1S/C29H44O5Si/c1-29(2,3)35(27-13-6-4-7-14-27,28-15-8-5-9-16-28)34-26(18-20-31)22-25-12-10-11-24(33-25)21-23(32)17-19-30/h4-9,13-16,23-26,30-32H,10-12,17-22H2,1-3H3/t23-,24+,25-,26-/m0/s1. The van der Waals surface area contributed by atoms with E-state index in [-0.39, 0.29) is 36.6 Å². The zero-order valence-electron chi connectivity index (χ0n) is 21.6. The van der Waals surface area contributed by atoms with Crippen LogP contribution in [0.15, 0.2) is 60.7 Å². The van der Waals surface area contributed by atoms with E-state index in [1.54, 1.807) is 0 Å². The lowest BCUT2D eigenvalue weighted by Gasteiger charge is -2.46. The van der Waals surface area contributed by atoms with Crippen molar-refractivity contribution in [3.05, 3.63) is 60.7 Å². The van der Waals surface area contributed by atoms with Crippen molar-refractivity contribution < 1.29 is 24.5 Å². The molecule has 1 saturated heterocycles. The van der Waals surface area contributed by atoms with Crippen molar-refractivity contribution in [3.63, 3.8) is 0 Å². The quantitative estimate of drug-likeness (QED) is 0.387. The molecule has 0 saturated carbocycles. The Hall–Kier alpha value is -1.54.